The maximum Gasteiger partial charge on any atom is 0.263 e. The van der Waals surface area contributed by atoms with E-state index in [1.165, 1.54) is 15.3 Å². The summed E-state index contributed by atoms with van der Waals surface area (Å²) in [6, 6.07) is 16.3. The molecular weight excluding hydrogens is 380 g/mol. The first-order valence-electron chi connectivity index (χ1n) is 10.4. The average molecular weight is 409 g/mol. The summed E-state index contributed by atoms with van der Waals surface area (Å²) in [6.07, 6.45) is 1.45. The molecule has 0 bridgehead atoms. The van der Waals surface area contributed by atoms with Crippen LogP contribution < -0.4 is 4.74 Å². The van der Waals surface area contributed by atoms with Gasteiger partial charge >= 0.3 is 0 Å². The largest absolute Gasteiger partial charge is 0.481 e. The second-order valence-corrected chi connectivity index (χ2v) is 9.17. The van der Waals surface area contributed by atoms with Gasteiger partial charge in [0.05, 0.1) is 15.2 Å². The van der Waals surface area contributed by atoms with E-state index in [-0.39, 0.29) is 5.91 Å². The smallest absolute Gasteiger partial charge is 0.263 e. The third kappa shape index (κ3) is 4.45. The molecule has 0 radical (unpaired) electrons. The molecule has 0 spiro atoms. The van der Waals surface area contributed by atoms with Crippen LogP contribution in [0.5, 0.6) is 5.75 Å². The molecule has 5 heteroatoms. The SMILES string of the molecule is CC(C)c1ccc(O[C@@H](C)C(=O)N2CCC(c3nc4ccccc4s3)CC2)cc1. The molecule has 1 aliphatic rings. The number of likely N-dealkylation sites (tertiary alicyclic amines) is 1. The Morgan fingerprint density at radius 2 is 1.76 bits per heavy atom. The Hall–Kier alpha value is -2.40. The van der Waals surface area contributed by atoms with Crippen molar-refractivity contribution in [2.45, 2.75) is 51.6 Å². The standard InChI is InChI=1S/C24H28N2O2S/c1-16(2)18-8-10-20(11-9-18)28-17(3)24(27)26-14-12-19(13-15-26)23-25-21-6-4-5-7-22(21)29-23/h4-11,16-17,19H,12-15H2,1-3H3/t17-/m0/s1. The fraction of sp³-hybridized carbons (Fsp3) is 0.417. The van der Waals surface area contributed by atoms with Gasteiger partial charge in [0.2, 0.25) is 0 Å². The van der Waals surface area contributed by atoms with Gasteiger partial charge in [0.25, 0.3) is 5.91 Å². The van der Waals surface area contributed by atoms with Crippen molar-refractivity contribution in [3.05, 3.63) is 59.1 Å². The highest BCUT2D eigenvalue weighted by Gasteiger charge is 2.29. The lowest BCUT2D eigenvalue weighted by Gasteiger charge is -2.32. The van der Waals surface area contributed by atoms with Crippen molar-refractivity contribution in [1.29, 1.82) is 0 Å². The van der Waals surface area contributed by atoms with Crippen LogP contribution in [-0.4, -0.2) is 35.0 Å². The molecule has 1 amide bonds. The van der Waals surface area contributed by atoms with Crippen LogP contribution >= 0.6 is 11.3 Å². The Labute approximate surface area is 176 Å². The molecule has 152 valence electrons. The van der Waals surface area contributed by atoms with Gasteiger partial charge < -0.3 is 9.64 Å². The van der Waals surface area contributed by atoms with Crippen molar-refractivity contribution in [2.24, 2.45) is 0 Å². The number of piperidine rings is 1. The van der Waals surface area contributed by atoms with Crippen LogP contribution in [0.3, 0.4) is 0 Å². The van der Waals surface area contributed by atoms with Crippen LogP contribution in [0, 0.1) is 0 Å². The molecule has 0 unspecified atom stereocenters. The van der Waals surface area contributed by atoms with Crippen molar-refractivity contribution < 1.29 is 9.53 Å². The number of aromatic nitrogens is 1. The van der Waals surface area contributed by atoms with Crippen LogP contribution in [0.2, 0.25) is 0 Å². The number of carbonyl (C=O) groups is 1. The predicted molar refractivity (Wildman–Crippen MR) is 119 cm³/mol. The predicted octanol–water partition coefficient (Wildman–Crippen LogP) is 5.59. The van der Waals surface area contributed by atoms with Gasteiger partial charge in [0, 0.05) is 19.0 Å². The van der Waals surface area contributed by atoms with Crippen LogP contribution in [0.15, 0.2) is 48.5 Å². The first-order valence-corrected chi connectivity index (χ1v) is 11.2. The first-order chi connectivity index (χ1) is 14.0. The van der Waals surface area contributed by atoms with Crippen molar-refractivity contribution in [3.8, 4) is 5.75 Å². The molecular formula is C24H28N2O2S. The number of hydrogen-bond donors (Lipinski definition) is 0. The van der Waals surface area contributed by atoms with Crippen LogP contribution in [0.1, 0.15) is 56.0 Å². The monoisotopic (exact) mass is 408 g/mol. The molecule has 2 aromatic carbocycles. The third-order valence-corrected chi connectivity index (χ3v) is 6.87. The van der Waals surface area contributed by atoms with Crippen LogP contribution in [-0.2, 0) is 4.79 Å². The molecule has 29 heavy (non-hydrogen) atoms. The summed E-state index contributed by atoms with van der Waals surface area (Å²) >= 11 is 1.79. The summed E-state index contributed by atoms with van der Waals surface area (Å²) in [4.78, 5) is 19.6. The highest BCUT2D eigenvalue weighted by Crippen LogP contribution is 2.34. The second-order valence-electron chi connectivity index (χ2n) is 8.10. The summed E-state index contributed by atoms with van der Waals surface area (Å²) in [5.41, 5.74) is 2.35. The molecule has 3 aromatic rings. The zero-order valence-electron chi connectivity index (χ0n) is 17.3. The normalized spacial score (nSPS) is 16.3. The second kappa shape index (κ2) is 8.54. The fourth-order valence-electron chi connectivity index (χ4n) is 3.85. The van der Waals surface area contributed by atoms with Gasteiger partial charge in [0.15, 0.2) is 6.10 Å². The molecule has 1 aliphatic heterocycles. The lowest BCUT2D eigenvalue weighted by molar-refractivity contribution is -0.139. The van der Waals surface area contributed by atoms with Gasteiger partial charge in [-0.1, -0.05) is 38.1 Å². The minimum absolute atomic E-state index is 0.0701. The van der Waals surface area contributed by atoms with Gasteiger partial charge in [-0.3, -0.25) is 4.79 Å². The Balaban J connectivity index is 1.33. The first kappa shape index (κ1) is 19.9. The number of rotatable bonds is 5. The Morgan fingerprint density at radius 3 is 2.41 bits per heavy atom. The molecule has 0 aliphatic carbocycles. The number of nitrogens with zero attached hydrogens (tertiary/aromatic N) is 2. The summed E-state index contributed by atoms with van der Waals surface area (Å²) in [7, 11) is 0. The average Bonchev–Trinajstić information content (AvgIpc) is 3.18. The van der Waals surface area contributed by atoms with Crippen molar-refractivity contribution in [1.82, 2.24) is 9.88 Å². The van der Waals surface area contributed by atoms with Gasteiger partial charge in [-0.2, -0.15) is 0 Å². The molecule has 4 nitrogen and oxygen atoms in total. The van der Waals surface area contributed by atoms with E-state index < -0.39 is 6.10 Å². The van der Waals surface area contributed by atoms with Gasteiger partial charge in [-0.15, -0.1) is 11.3 Å². The quantitative estimate of drug-likeness (QED) is 0.552. The minimum Gasteiger partial charge on any atom is -0.481 e. The van der Waals surface area contributed by atoms with E-state index in [1.54, 1.807) is 11.3 Å². The van der Waals surface area contributed by atoms with E-state index in [1.807, 2.05) is 30.0 Å². The molecule has 0 saturated carbocycles. The minimum atomic E-state index is -0.473. The van der Waals surface area contributed by atoms with Gasteiger partial charge in [0.1, 0.15) is 5.75 Å². The maximum absolute atomic E-state index is 12.8. The van der Waals surface area contributed by atoms with E-state index in [2.05, 4.69) is 44.2 Å². The lowest BCUT2D eigenvalue weighted by Crippen LogP contribution is -2.44. The summed E-state index contributed by atoms with van der Waals surface area (Å²) in [5.74, 6) is 1.75. The number of ether oxygens (including phenoxy) is 1. The van der Waals surface area contributed by atoms with E-state index in [0.29, 0.717) is 11.8 Å². The van der Waals surface area contributed by atoms with Crippen LogP contribution in [0.25, 0.3) is 10.2 Å². The van der Waals surface area contributed by atoms with E-state index >= 15 is 0 Å². The highest BCUT2D eigenvalue weighted by molar-refractivity contribution is 7.18. The van der Waals surface area contributed by atoms with Crippen LogP contribution in [0.4, 0.5) is 0 Å². The Morgan fingerprint density at radius 1 is 1.07 bits per heavy atom. The molecule has 2 heterocycles. The van der Waals surface area contributed by atoms with E-state index in [4.69, 9.17) is 9.72 Å². The maximum atomic E-state index is 12.8. The zero-order valence-corrected chi connectivity index (χ0v) is 18.1. The summed E-state index contributed by atoms with van der Waals surface area (Å²) in [5, 5.41) is 1.20. The van der Waals surface area contributed by atoms with Gasteiger partial charge in [-0.25, -0.2) is 4.98 Å². The summed E-state index contributed by atoms with van der Waals surface area (Å²) < 4.78 is 7.16. The number of amides is 1. The van der Waals surface area contributed by atoms with E-state index in [9.17, 15) is 4.79 Å². The molecule has 1 atom stereocenters. The number of hydrogen-bond acceptors (Lipinski definition) is 4. The summed E-state index contributed by atoms with van der Waals surface area (Å²) in [6.45, 7) is 7.71. The fourth-order valence-corrected chi connectivity index (χ4v) is 4.99. The van der Waals surface area contributed by atoms with Gasteiger partial charge in [-0.05, 0) is 55.5 Å². The lowest BCUT2D eigenvalue weighted by atomic mass is 9.97. The molecule has 0 N–H and O–H groups in total. The number of benzene rings is 2. The Kier molecular flexibility index (Phi) is 5.86. The zero-order chi connectivity index (χ0) is 20.4. The van der Waals surface area contributed by atoms with Crippen molar-refractivity contribution in [2.75, 3.05) is 13.1 Å². The number of thiazole rings is 1. The molecule has 1 aromatic heterocycles. The molecule has 1 fully saturated rings. The third-order valence-electron chi connectivity index (χ3n) is 5.67. The van der Waals surface area contributed by atoms with E-state index in [0.717, 1.165) is 37.2 Å². The number of para-hydroxylation sites is 1. The molecule has 1 saturated heterocycles. The number of fused-ring (bicyclic) bond motifs is 1. The Bertz CT molecular complexity index is 939. The molecule has 4 rings (SSSR count). The van der Waals surface area contributed by atoms with Crippen molar-refractivity contribution in [3.63, 3.8) is 0 Å². The topological polar surface area (TPSA) is 42.4 Å². The highest BCUT2D eigenvalue weighted by atomic mass is 32.1. The van der Waals surface area contributed by atoms with Crippen molar-refractivity contribution >= 4 is 27.5 Å². The number of carbonyl (C=O) groups excluding carboxylic acids is 1.